The van der Waals surface area contributed by atoms with Gasteiger partial charge in [0.15, 0.2) is 0 Å². The van der Waals surface area contributed by atoms with Crippen molar-refractivity contribution >= 4 is 0 Å². The molecule has 0 radical (unpaired) electrons. The van der Waals surface area contributed by atoms with E-state index in [0.717, 1.165) is 11.8 Å². The first-order chi connectivity index (χ1) is 5.25. The Kier molecular flexibility index (Phi) is 3.34. The van der Waals surface area contributed by atoms with Crippen LogP contribution < -0.4 is 5.48 Å². The van der Waals surface area contributed by atoms with Crippen molar-refractivity contribution in [3.05, 3.63) is 0 Å². The Hall–Kier alpha value is -0.0800. The van der Waals surface area contributed by atoms with Crippen molar-refractivity contribution in [2.75, 3.05) is 7.11 Å². The van der Waals surface area contributed by atoms with E-state index in [2.05, 4.69) is 19.3 Å². The van der Waals surface area contributed by atoms with E-state index in [-0.39, 0.29) is 0 Å². The van der Waals surface area contributed by atoms with E-state index in [9.17, 15) is 0 Å². The first-order valence-corrected chi connectivity index (χ1v) is 4.54. The third-order valence-electron chi connectivity index (χ3n) is 2.98. The average Bonchev–Trinajstić information content (AvgIpc) is 1.99. The second-order valence-corrected chi connectivity index (χ2v) is 3.70. The Labute approximate surface area is 69.3 Å². The van der Waals surface area contributed by atoms with Crippen molar-refractivity contribution < 1.29 is 4.84 Å². The van der Waals surface area contributed by atoms with Gasteiger partial charge in [0.2, 0.25) is 0 Å². The van der Waals surface area contributed by atoms with Crippen LogP contribution in [0.5, 0.6) is 0 Å². The van der Waals surface area contributed by atoms with Gasteiger partial charge >= 0.3 is 0 Å². The summed E-state index contributed by atoms with van der Waals surface area (Å²) in [6.07, 6.45) is 3.98. The number of rotatable bonds is 2. The quantitative estimate of drug-likeness (QED) is 0.619. The van der Waals surface area contributed by atoms with E-state index >= 15 is 0 Å². The summed E-state index contributed by atoms with van der Waals surface area (Å²) in [5.74, 6) is 1.60. The minimum absolute atomic E-state index is 0.573. The summed E-state index contributed by atoms with van der Waals surface area (Å²) < 4.78 is 0. The molecule has 2 heteroatoms. The van der Waals surface area contributed by atoms with E-state index in [1.165, 1.54) is 19.3 Å². The van der Waals surface area contributed by atoms with Crippen molar-refractivity contribution in [3.8, 4) is 0 Å². The molecule has 0 bridgehead atoms. The second-order valence-electron chi connectivity index (χ2n) is 3.70. The van der Waals surface area contributed by atoms with Gasteiger partial charge in [0.1, 0.15) is 0 Å². The van der Waals surface area contributed by atoms with Gasteiger partial charge in [-0.25, -0.2) is 0 Å². The lowest BCUT2D eigenvalue weighted by molar-refractivity contribution is 0.0188. The summed E-state index contributed by atoms with van der Waals surface area (Å²) in [7, 11) is 1.70. The number of hydrogen-bond donors (Lipinski definition) is 1. The molecule has 1 aliphatic carbocycles. The molecule has 1 N–H and O–H groups in total. The molecular weight excluding hydrogens is 138 g/mol. The van der Waals surface area contributed by atoms with Gasteiger partial charge in [-0.15, -0.1) is 0 Å². The SMILES string of the molecule is CONC1CCCC(C)C1C. The summed E-state index contributed by atoms with van der Waals surface area (Å²) >= 11 is 0. The fourth-order valence-electron chi connectivity index (χ4n) is 1.90. The Morgan fingerprint density at radius 1 is 1.27 bits per heavy atom. The van der Waals surface area contributed by atoms with Gasteiger partial charge in [0.25, 0.3) is 0 Å². The highest BCUT2D eigenvalue weighted by atomic mass is 16.6. The van der Waals surface area contributed by atoms with Crippen LogP contribution >= 0.6 is 0 Å². The first-order valence-electron chi connectivity index (χ1n) is 4.54. The minimum atomic E-state index is 0.573. The van der Waals surface area contributed by atoms with Crippen LogP contribution in [0.3, 0.4) is 0 Å². The Morgan fingerprint density at radius 3 is 2.64 bits per heavy atom. The molecule has 0 aromatic heterocycles. The zero-order valence-corrected chi connectivity index (χ0v) is 7.76. The monoisotopic (exact) mass is 157 g/mol. The zero-order chi connectivity index (χ0) is 8.27. The topological polar surface area (TPSA) is 21.3 Å². The summed E-state index contributed by atoms with van der Waals surface area (Å²) in [5, 5.41) is 0. The predicted octanol–water partition coefficient (Wildman–Crippen LogP) is 1.96. The third-order valence-corrected chi connectivity index (χ3v) is 2.98. The highest BCUT2D eigenvalue weighted by molar-refractivity contribution is 4.79. The van der Waals surface area contributed by atoms with Gasteiger partial charge in [0, 0.05) is 6.04 Å². The first kappa shape index (κ1) is 9.01. The maximum absolute atomic E-state index is 4.95. The van der Waals surface area contributed by atoms with Crippen molar-refractivity contribution in [3.63, 3.8) is 0 Å². The van der Waals surface area contributed by atoms with Crippen LogP contribution in [0.2, 0.25) is 0 Å². The van der Waals surface area contributed by atoms with Crippen LogP contribution in [0, 0.1) is 11.8 Å². The molecule has 0 amide bonds. The average molecular weight is 157 g/mol. The van der Waals surface area contributed by atoms with E-state index in [1.54, 1.807) is 7.11 Å². The van der Waals surface area contributed by atoms with Gasteiger partial charge in [-0.1, -0.05) is 26.7 Å². The van der Waals surface area contributed by atoms with Gasteiger partial charge in [0.05, 0.1) is 7.11 Å². The van der Waals surface area contributed by atoms with Crippen LogP contribution in [0.1, 0.15) is 33.1 Å². The minimum Gasteiger partial charge on any atom is -0.305 e. The molecular formula is C9H19NO. The van der Waals surface area contributed by atoms with Crippen molar-refractivity contribution in [2.45, 2.75) is 39.2 Å². The molecule has 1 fully saturated rings. The lowest BCUT2D eigenvalue weighted by atomic mass is 9.78. The van der Waals surface area contributed by atoms with Crippen molar-refractivity contribution in [1.29, 1.82) is 0 Å². The maximum atomic E-state index is 4.95. The fraction of sp³-hybridized carbons (Fsp3) is 1.00. The molecule has 11 heavy (non-hydrogen) atoms. The van der Waals surface area contributed by atoms with E-state index < -0.39 is 0 Å². The molecule has 1 aliphatic rings. The number of nitrogens with one attached hydrogen (secondary N) is 1. The number of hydrogen-bond acceptors (Lipinski definition) is 2. The zero-order valence-electron chi connectivity index (χ0n) is 7.76. The smallest absolute Gasteiger partial charge is 0.0572 e. The van der Waals surface area contributed by atoms with Crippen molar-refractivity contribution in [1.82, 2.24) is 5.48 Å². The normalized spacial score (nSPS) is 39.0. The van der Waals surface area contributed by atoms with Gasteiger partial charge < -0.3 is 4.84 Å². The lowest BCUT2D eigenvalue weighted by Gasteiger charge is -2.33. The molecule has 3 atom stereocenters. The predicted molar refractivity (Wildman–Crippen MR) is 46.1 cm³/mol. The third kappa shape index (κ3) is 2.17. The van der Waals surface area contributed by atoms with E-state index in [1.807, 2.05) is 0 Å². The summed E-state index contributed by atoms with van der Waals surface area (Å²) in [5.41, 5.74) is 3.06. The Morgan fingerprint density at radius 2 is 2.00 bits per heavy atom. The van der Waals surface area contributed by atoms with Crippen LogP contribution in [0.15, 0.2) is 0 Å². The second kappa shape index (κ2) is 4.07. The molecule has 0 aromatic carbocycles. The molecule has 0 aliphatic heterocycles. The molecule has 2 nitrogen and oxygen atoms in total. The Bertz CT molecular complexity index is 114. The standard InChI is InChI=1S/C9H19NO/c1-7-5-4-6-9(8(7)2)10-11-3/h7-10H,4-6H2,1-3H3. The van der Waals surface area contributed by atoms with Crippen LogP contribution in [0.4, 0.5) is 0 Å². The van der Waals surface area contributed by atoms with Gasteiger partial charge in [-0.05, 0) is 18.3 Å². The van der Waals surface area contributed by atoms with Crippen LogP contribution in [-0.4, -0.2) is 13.2 Å². The highest BCUT2D eigenvalue weighted by Crippen LogP contribution is 2.29. The lowest BCUT2D eigenvalue weighted by Crippen LogP contribution is -2.39. The summed E-state index contributed by atoms with van der Waals surface area (Å²) in [4.78, 5) is 4.95. The van der Waals surface area contributed by atoms with Crippen LogP contribution in [-0.2, 0) is 4.84 Å². The van der Waals surface area contributed by atoms with E-state index in [4.69, 9.17) is 4.84 Å². The largest absolute Gasteiger partial charge is 0.305 e. The number of hydroxylamine groups is 1. The van der Waals surface area contributed by atoms with Gasteiger partial charge in [-0.3, -0.25) is 0 Å². The highest BCUT2D eigenvalue weighted by Gasteiger charge is 2.26. The summed E-state index contributed by atoms with van der Waals surface area (Å²) in [6.45, 7) is 4.63. The van der Waals surface area contributed by atoms with Crippen LogP contribution in [0.25, 0.3) is 0 Å². The van der Waals surface area contributed by atoms with Crippen molar-refractivity contribution in [2.24, 2.45) is 11.8 Å². The Balaban J connectivity index is 2.38. The molecule has 1 rings (SSSR count). The molecule has 0 saturated heterocycles. The molecule has 0 aromatic rings. The molecule has 0 heterocycles. The molecule has 0 spiro atoms. The van der Waals surface area contributed by atoms with Gasteiger partial charge in [-0.2, -0.15) is 5.48 Å². The van der Waals surface area contributed by atoms with E-state index in [0.29, 0.717) is 6.04 Å². The summed E-state index contributed by atoms with van der Waals surface area (Å²) in [6, 6.07) is 0.573. The molecule has 66 valence electrons. The molecule has 3 unspecified atom stereocenters. The maximum Gasteiger partial charge on any atom is 0.0572 e. The fourth-order valence-corrected chi connectivity index (χ4v) is 1.90. The molecule has 1 saturated carbocycles.